The third-order valence-corrected chi connectivity index (χ3v) is 6.52. The van der Waals surface area contributed by atoms with Gasteiger partial charge in [0.1, 0.15) is 0 Å². The molecule has 1 aromatic heterocycles. The largest absolute Gasteiger partial charge is 0.345 e. The quantitative estimate of drug-likeness (QED) is 0.748. The number of rotatable bonds is 4. The lowest BCUT2D eigenvalue weighted by atomic mass is 10.0. The van der Waals surface area contributed by atoms with Crippen LogP contribution in [0.1, 0.15) is 29.0 Å². The lowest BCUT2D eigenvalue weighted by molar-refractivity contribution is -0.136. The highest BCUT2D eigenvalue weighted by Crippen LogP contribution is 2.27. The van der Waals surface area contributed by atoms with Gasteiger partial charge in [0, 0.05) is 50.1 Å². The molecule has 0 unspecified atom stereocenters. The van der Waals surface area contributed by atoms with Crippen molar-refractivity contribution in [1.82, 2.24) is 20.1 Å². The second-order valence-corrected chi connectivity index (χ2v) is 8.92. The van der Waals surface area contributed by atoms with Gasteiger partial charge >= 0.3 is 11.8 Å². The molecule has 2 N–H and O–H groups in total. The molecule has 154 valence electrons. The van der Waals surface area contributed by atoms with Crippen LogP contribution in [-0.4, -0.2) is 59.3 Å². The minimum atomic E-state index is -0.629. The van der Waals surface area contributed by atoms with E-state index in [9.17, 15) is 9.59 Å². The van der Waals surface area contributed by atoms with Gasteiger partial charge in [-0.25, -0.2) is 4.98 Å². The number of likely N-dealkylation sites (N-methyl/N-ethyl adjacent to an activating group) is 1. The Kier molecular flexibility index (Phi) is 6.22. The molecule has 0 radical (unpaired) electrons. The van der Waals surface area contributed by atoms with Crippen molar-refractivity contribution in [1.29, 1.82) is 0 Å². The highest BCUT2D eigenvalue weighted by atomic mass is 32.1. The Morgan fingerprint density at radius 2 is 1.90 bits per heavy atom. The van der Waals surface area contributed by atoms with Gasteiger partial charge in [-0.15, -0.1) is 11.3 Å². The van der Waals surface area contributed by atoms with E-state index >= 15 is 0 Å². The molecule has 4 rings (SSSR count). The van der Waals surface area contributed by atoms with Gasteiger partial charge in [0.05, 0.1) is 5.69 Å². The minimum absolute atomic E-state index is 0.0402. The molecule has 8 heteroatoms. The van der Waals surface area contributed by atoms with E-state index < -0.39 is 11.8 Å². The van der Waals surface area contributed by atoms with Crippen molar-refractivity contribution in [3.63, 3.8) is 0 Å². The Bertz CT molecular complexity index is 861. The topological polar surface area (TPSA) is 77.6 Å². The van der Waals surface area contributed by atoms with E-state index in [1.54, 1.807) is 0 Å². The maximum absolute atomic E-state index is 12.3. The predicted octanol–water partition coefficient (Wildman–Crippen LogP) is 1.85. The molecule has 2 aliphatic rings. The number of nitrogens with zero attached hydrogens (tertiary/aromatic N) is 3. The van der Waals surface area contributed by atoms with Gasteiger partial charge in [-0.1, -0.05) is 30.3 Å². The van der Waals surface area contributed by atoms with E-state index in [0.29, 0.717) is 5.13 Å². The fourth-order valence-corrected chi connectivity index (χ4v) is 4.94. The summed E-state index contributed by atoms with van der Waals surface area (Å²) in [6.07, 6.45) is 2.58. The van der Waals surface area contributed by atoms with Crippen LogP contribution in [0.3, 0.4) is 0 Å². The molecule has 1 saturated heterocycles. The van der Waals surface area contributed by atoms with Crippen molar-refractivity contribution in [2.75, 3.05) is 32.0 Å². The standard InChI is InChI=1S/C21H27N5O2S/c1-25-10-9-17-18(14-25)29-21(23-17)24-20(28)19(27)22-16-7-11-26(12-8-16)13-15-5-3-2-4-6-15/h2-6,16H,7-14H2,1H3,(H,22,27)(H,23,24,28). The zero-order chi connectivity index (χ0) is 20.2. The Balaban J connectivity index is 1.23. The molecule has 29 heavy (non-hydrogen) atoms. The smallest absolute Gasteiger partial charge is 0.315 e. The number of hydrogen-bond donors (Lipinski definition) is 2. The van der Waals surface area contributed by atoms with Gasteiger partial charge in [0.2, 0.25) is 0 Å². The van der Waals surface area contributed by atoms with Crippen LogP contribution in [0.15, 0.2) is 30.3 Å². The van der Waals surface area contributed by atoms with Crippen LogP contribution in [0, 0.1) is 0 Å². The molecule has 2 amide bonds. The summed E-state index contributed by atoms with van der Waals surface area (Å²) >= 11 is 1.46. The highest BCUT2D eigenvalue weighted by Gasteiger charge is 2.25. The first kappa shape index (κ1) is 20.0. The Hall–Kier alpha value is -2.29. The number of benzene rings is 1. The number of carbonyl (C=O) groups excluding carboxylic acids is 2. The van der Waals surface area contributed by atoms with Crippen LogP contribution in [0.2, 0.25) is 0 Å². The number of carbonyl (C=O) groups is 2. The fourth-order valence-electron chi connectivity index (χ4n) is 3.86. The number of hydrogen-bond acceptors (Lipinski definition) is 6. The molecule has 2 aliphatic heterocycles. The Morgan fingerprint density at radius 1 is 1.14 bits per heavy atom. The van der Waals surface area contributed by atoms with Crippen LogP contribution in [0.5, 0.6) is 0 Å². The summed E-state index contributed by atoms with van der Waals surface area (Å²) in [4.78, 5) is 34.9. The monoisotopic (exact) mass is 413 g/mol. The van der Waals surface area contributed by atoms with Gasteiger partial charge in [-0.2, -0.15) is 0 Å². The van der Waals surface area contributed by atoms with E-state index in [-0.39, 0.29) is 6.04 Å². The number of fused-ring (bicyclic) bond motifs is 1. The summed E-state index contributed by atoms with van der Waals surface area (Å²) in [6, 6.07) is 10.4. The zero-order valence-electron chi connectivity index (χ0n) is 16.7. The molecule has 7 nitrogen and oxygen atoms in total. The maximum Gasteiger partial charge on any atom is 0.315 e. The number of likely N-dealkylation sites (tertiary alicyclic amines) is 1. The van der Waals surface area contributed by atoms with Gasteiger partial charge in [0.25, 0.3) is 0 Å². The molecule has 0 bridgehead atoms. The predicted molar refractivity (Wildman–Crippen MR) is 114 cm³/mol. The molecule has 1 fully saturated rings. The fraction of sp³-hybridized carbons (Fsp3) is 0.476. The van der Waals surface area contributed by atoms with Crippen molar-refractivity contribution >= 4 is 28.3 Å². The van der Waals surface area contributed by atoms with E-state index in [4.69, 9.17) is 0 Å². The molecule has 0 aliphatic carbocycles. The van der Waals surface area contributed by atoms with Crippen molar-refractivity contribution in [3.05, 3.63) is 46.5 Å². The van der Waals surface area contributed by atoms with E-state index in [0.717, 1.165) is 57.7 Å². The summed E-state index contributed by atoms with van der Waals surface area (Å²) < 4.78 is 0. The lowest BCUT2D eigenvalue weighted by Gasteiger charge is -2.32. The molecule has 0 spiro atoms. The van der Waals surface area contributed by atoms with Crippen LogP contribution in [0.4, 0.5) is 5.13 Å². The number of nitrogens with one attached hydrogen (secondary N) is 2. The van der Waals surface area contributed by atoms with Crippen LogP contribution in [0.25, 0.3) is 0 Å². The van der Waals surface area contributed by atoms with Gasteiger partial charge < -0.3 is 10.2 Å². The number of anilines is 1. The number of amides is 2. The van der Waals surface area contributed by atoms with Crippen molar-refractivity contribution in [3.8, 4) is 0 Å². The molecule has 3 heterocycles. The first-order valence-electron chi connectivity index (χ1n) is 10.1. The van der Waals surface area contributed by atoms with Gasteiger partial charge in [-0.3, -0.25) is 19.8 Å². The third kappa shape index (κ3) is 5.20. The normalized spacial score (nSPS) is 18.2. The van der Waals surface area contributed by atoms with Crippen molar-refractivity contribution in [2.24, 2.45) is 0 Å². The number of aromatic nitrogens is 1. The lowest BCUT2D eigenvalue weighted by Crippen LogP contribution is -2.47. The maximum atomic E-state index is 12.3. The average molecular weight is 414 g/mol. The molecular weight excluding hydrogens is 386 g/mol. The summed E-state index contributed by atoms with van der Waals surface area (Å²) in [6.45, 7) is 4.55. The molecular formula is C21H27N5O2S. The summed E-state index contributed by atoms with van der Waals surface area (Å²) in [7, 11) is 2.07. The van der Waals surface area contributed by atoms with E-state index in [2.05, 4.69) is 56.7 Å². The first-order valence-corrected chi connectivity index (χ1v) is 10.9. The van der Waals surface area contributed by atoms with Crippen LogP contribution < -0.4 is 10.6 Å². The van der Waals surface area contributed by atoms with Gasteiger partial charge in [-0.05, 0) is 25.5 Å². The number of piperidine rings is 1. The number of thiazole rings is 1. The molecule has 0 saturated carbocycles. The minimum Gasteiger partial charge on any atom is -0.345 e. The Morgan fingerprint density at radius 3 is 2.66 bits per heavy atom. The van der Waals surface area contributed by atoms with E-state index in [1.165, 1.54) is 21.8 Å². The van der Waals surface area contributed by atoms with Crippen molar-refractivity contribution in [2.45, 2.75) is 38.4 Å². The second-order valence-electron chi connectivity index (χ2n) is 7.84. The van der Waals surface area contributed by atoms with Crippen LogP contribution in [-0.2, 0) is 29.1 Å². The highest BCUT2D eigenvalue weighted by molar-refractivity contribution is 7.16. The molecule has 2 aromatic rings. The van der Waals surface area contributed by atoms with Gasteiger partial charge in [0.15, 0.2) is 5.13 Å². The molecule has 0 atom stereocenters. The van der Waals surface area contributed by atoms with Crippen LogP contribution >= 0.6 is 11.3 Å². The average Bonchev–Trinajstić information content (AvgIpc) is 3.11. The zero-order valence-corrected chi connectivity index (χ0v) is 17.5. The summed E-state index contributed by atoms with van der Waals surface area (Å²) in [5.41, 5.74) is 2.33. The van der Waals surface area contributed by atoms with E-state index in [1.807, 2.05) is 6.07 Å². The second kappa shape index (κ2) is 9.02. The molecule has 1 aromatic carbocycles. The first-order chi connectivity index (χ1) is 14.1. The SMILES string of the molecule is CN1CCc2nc(NC(=O)C(=O)NC3CCN(Cc4ccccc4)CC3)sc2C1. The third-order valence-electron chi connectivity index (χ3n) is 5.52. The van der Waals surface area contributed by atoms with Crippen molar-refractivity contribution < 1.29 is 9.59 Å². The summed E-state index contributed by atoms with van der Waals surface area (Å²) in [5.74, 6) is -1.20. The Labute approximate surface area is 175 Å². The summed E-state index contributed by atoms with van der Waals surface area (Å²) in [5, 5.41) is 6.07.